The van der Waals surface area contributed by atoms with E-state index < -0.39 is 0 Å². The molecule has 0 N–H and O–H groups in total. The predicted molar refractivity (Wildman–Crippen MR) is 99.1 cm³/mol. The van der Waals surface area contributed by atoms with Crippen molar-refractivity contribution in [3.63, 3.8) is 0 Å². The van der Waals surface area contributed by atoms with Crippen molar-refractivity contribution >= 4 is 5.91 Å². The molecule has 7 heteroatoms. The predicted octanol–water partition coefficient (Wildman–Crippen LogP) is 1.35. The minimum atomic E-state index is 0.0273. The maximum absolute atomic E-state index is 12.5. The van der Waals surface area contributed by atoms with Crippen molar-refractivity contribution in [1.82, 2.24) is 24.1 Å². The fourth-order valence-corrected chi connectivity index (χ4v) is 4.35. The summed E-state index contributed by atoms with van der Waals surface area (Å²) in [5, 5.41) is 4.54. The van der Waals surface area contributed by atoms with Gasteiger partial charge in [-0.15, -0.1) is 0 Å². The van der Waals surface area contributed by atoms with Gasteiger partial charge in [-0.2, -0.15) is 5.10 Å². The van der Waals surface area contributed by atoms with Gasteiger partial charge in [-0.05, 0) is 57.5 Å². The smallest absolute Gasteiger partial charge is 0.342 e. The van der Waals surface area contributed by atoms with Crippen molar-refractivity contribution in [2.24, 2.45) is 13.0 Å². The Labute approximate surface area is 154 Å². The molecule has 2 aliphatic heterocycles. The number of nitrogens with zero attached hydrogens (tertiary/aromatic N) is 5. The van der Waals surface area contributed by atoms with E-state index in [1.54, 1.807) is 7.05 Å². The molecule has 0 atom stereocenters. The molecular weight excluding hydrogens is 330 g/mol. The van der Waals surface area contributed by atoms with Gasteiger partial charge in [-0.1, -0.05) is 6.92 Å². The molecule has 3 fully saturated rings. The first kappa shape index (κ1) is 17.8. The third-order valence-corrected chi connectivity index (χ3v) is 6.34. The summed E-state index contributed by atoms with van der Waals surface area (Å²) in [7, 11) is 1.75. The van der Waals surface area contributed by atoms with Crippen LogP contribution in [0.25, 0.3) is 0 Å². The number of aromatic nitrogens is 3. The first-order valence-corrected chi connectivity index (χ1v) is 10.2. The van der Waals surface area contributed by atoms with Crippen LogP contribution in [0.4, 0.5) is 0 Å². The molecule has 26 heavy (non-hydrogen) atoms. The van der Waals surface area contributed by atoms with Gasteiger partial charge in [0.1, 0.15) is 5.82 Å². The molecule has 1 saturated carbocycles. The second kappa shape index (κ2) is 7.18. The zero-order chi connectivity index (χ0) is 18.3. The topological polar surface area (TPSA) is 63.4 Å². The normalized spacial score (nSPS) is 23.5. The van der Waals surface area contributed by atoms with Gasteiger partial charge in [-0.25, -0.2) is 9.48 Å². The van der Waals surface area contributed by atoms with Crippen LogP contribution in [0.3, 0.4) is 0 Å². The zero-order valence-electron chi connectivity index (χ0n) is 16.1. The average Bonchev–Trinajstić information content (AvgIpc) is 3.42. The average molecular weight is 361 g/mol. The van der Waals surface area contributed by atoms with Gasteiger partial charge >= 0.3 is 5.69 Å². The second-order valence-corrected chi connectivity index (χ2v) is 8.48. The summed E-state index contributed by atoms with van der Waals surface area (Å²) in [6.07, 6.45) is 6.42. The Morgan fingerprint density at radius 1 is 1.04 bits per heavy atom. The van der Waals surface area contributed by atoms with E-state index >= 15 is 0 Å². The highest BCUT2D eigenvalue weighted by Crippen LogP contribution is 2.37. The van der Waals surface area contributed by atoms with Crippen LogP contribution in [-0.2, 0) is 11.8 Å². The summed E-state index contributed by atoms with van der Waals surface area (Å²) < 4.78 is 3.42. The molecular formula is C19H31N5O2. The van der Waals surface area contributed by atoms with Crippen LogP contribution < -0.4 is 5.69 Å². The molecule has 0 aromatic carbocycles. The third kappa shape index (κ3) is 3.59. The minimum absolute atomic E-state index is 0.0273. The monoisotopic (exact) mass is 361 g/mol. The zero-order valence-corrected chi connectivity index (χ0v) is 16.1. The third-order valence-electron chi connectivity index (χ3n) is 6.34. The highest BCUT2D eigenvalue weighted by molar-refractivity contribution is 5.78. The van der Waals surface area contributed by atoms with Crippen LogP contribution >= 0.6 is 0 Å². The number of aryl methyl sites for hydroxylation is 1. The Balaban J connectivity index is 1.33. The molecule has 1 aromatic heterocycles. The maximum atomic E-state index is 12.5. The lowest BCUT2D eigenvalue weighted by molar-refractivity contribution is -0.134. The van der Waals surface area contributed by atoms with Crippen molar-refractivity contribution in [2.75, 3.05) is 32.7 Å². The van der Waals surface area contributed by atoms with E-state index in [-0.39, 0.29) is 11.6 Å². The Hall–Kier alpha value is -1.63. The van der Waals surface area contributed by atoms with Crippen LogP contribution in [0.2, 0.25) is 0 Å². The Morgan fingerprint density at radius 3 is 2.31 bits per heavy atom. The summed E-state index contributed by atoms with van der Waals surface area (Å²) in [6, 6.07) is 0.368. The molecule has 144 valence electrons. The van der Waals surface area contributed by atoms with E-state index in [4.69, 9.17) is 0 Å². The number of hydrogen-bond acceptors (Lipinski definition) is 4. The molecule has 0 radical (unpaired) electrons. The number of amides is 1. The van der Waals surface area contributed by atoms with Crippen molar-refractivity contribution in [3.05, 3.63) is 16.3 Å². The molecule has 1 aromatic rings. The highest BCUT2D eigenvalue weighted by atomic mass is 16.2. The second-order valence-electron chi connectivity index (χ2n) is 8.48. The summed E-state index contributed by atoms with van der Waals surface area (Å²) in [5.41, 5.74) is 0.0273. The molecule has 2 saturated heterocycles. The maximum Gasteiger partial charge on any atom is 0.345 e. The van der Waals surface area contributed by atoms with Gasteiger partial charge in [0.05, 0.1) is 6.54 Å². The van der Waals surface area contributed by atoms with Gasteiger partial charge in [0, 0.05) is 32.1 Å². The first-order chi connectivity index (χ1) is 12.5. The van der Waals surface area contributed by atoms with Crippen molar-refractivity contribution < 1.29 is 4.79 Å². The molecule has 1 aliphatic carbocycles. The number of rotatable bonds is 4. The first-order valence-electron chi connectivity index (χ1n) is 10.2. The summed E-state index contributed by atoms with van der Waals surface area (Å²) in [5.74, 6) is 2.34. The largest absolute Gasteiger partial charge is 0.345 e. The Morgan fingerprint density at radius 2 is 1.69 bits per heavy atom. The molecule has 3 heterocycles. The molecule has 3 aliphatic rings. The minimum Gasteiger partial charge on any atom is -0.342 e. The number of likely N-dealkylation sites (tertiary alicyclic amines) is 2. The molecule has 0 unspecified atom stereocenters. The quantitative estimate of drug-likeness (QED) is 0.812. The summed E-state index contributed by atoms with van der Waals surface area (Å²) in [4.78, 5) is 29.2. The van der Waals surface area contributed by atoms with Gasteiger partial charge in [0.25, 0.3) is 0 Å². The van der Waals surface area contributed by atoms with Gasteiger partial charge < -0.3 is 4.90 Å². The molecule has 1 amide bonds. The summed E-state index contributed by atoms with van der Waals surface area (Å²) in [6.45, 7) is 6.46. The van der Waals surface area contributed by atoms with Crippen LogP contribution in [0.5, 0.6) is 0 Å². The standard InChI is InChI=1S/C19H31N5O2/c1-14-5-11-23(12-6-14)17(25)13-22-9-7-15(8-10-22)18-20-21(2)19(26)24(18)16-3-4-16/h14-16H,3-13H2,1-2H3. The van der Waals surface area contributed by atoms with Crippen LogP contribution in [0.1, 0.15) is 63.2 Å². The fraction of sp³-hybridized carbons (Fsp3) is 0.842. The molecule has 7 nitrogen and oxygen atoms in total. The van der Waals surface area contributed by atoms with Gasteiger partial charge in [0.15, 0.2) is 0 Å². The van der Waals surface area contributed by atoms with E-state index in [9.17, 15) is 9.59 Å². The molecule has 0 spiro atoms. The lowest BCUT2D eigenvalue weighted by atomic mass is 9.95. The van der Waals surface area contributed by atoms with E-state index in [1.165, 1.54) is 4.68 Å². The van der Waals surface area contributed by atoms with E-state index in [0.717, 1.165) is 76.4 Å². The fourth-order valence-electron chi connectivity index (χ4n) is 4.35. The highest BCUT2D eigenvalue weighted by Gasteiger charge is 2.34. The Bertz CT molecular complexity index is 704. The molecule has 0 bridgehead atoms. The number of hydrogen-bond donors (Lipinski definition) is 0. The van der Waals surface area contributed by atoms with Crippen LogP contribution in [-0.4, -0.2) is 62.8 Å². The van der Waals surface area contributed by atoms with Crippen LogP contribution in [0, 0.1) is 5.92 Å². The van der Waals surface area contributed by atoms with Gasteiger partial charge in [-0.3, -0.25) is 14.3 Å². The summed E-state index contributed by atoms with van der Waals surface area (Å²) >= 11 is 0. The SMILES string of the molecule is CC1CCN(C(=O)CN2CCC(c3nn(C)c(=O)n3C3CC3)CC2)CC1. The number of carbonyl (C=O) groups excluding carboxylic acids is 1. The molecule has 4 rings (SSSR count). The van der Waals surface area contributed by atoms with Crippen molar-refractivity contribution in [2.45, 2.75) is 57.4 Å². The van der Waals surface area contributed by atoms with E-state index in [2.05, 4.69) is 16.9 Å². The van der Waals surface area contributed by atoms with Crippen LogP contribution in [0.15, 0.2) is 4.79 Å². The lowest BCUT2D eigenvalue weighted by Crippen LogP contribution is -2.45. The van der Waals surface area contributed by atoms with Gasteiger partial charge in [0.2, 0.25) is 5.91 Å². The number of carbonyl (C=O) groups is 1. The lowest BCUT2D eigenvalue weighted by Gasteiger charge is -2.35. The van der Waals surface area contributed by atoms with E-state index in [0.29, 0.717) is 18.5 Å². The Kier molecular flexibility index (Phi) is 4.90. The van der Waals surface area contributed by atoms with Crippen molar-refractivity contribution in [1.29, 1.82) is 0 Å². The van der Waals surface area contributed by atoms with E-state index in [1.807, 2.05) is 9.47 Å². The number of piperidine rings is 2. The van der Waals surface area contributed by atoms with Crippen molar-refractivity contribution in [3.8, 4) is 0 Å².